The molecule has 0 aliphatic rings. The first-order valence-electron chi connectivity index (χ1n) is 6.20. The first kappa shape index (κ1) is 13.3. The minimum absolute atomic E-state index is 0.140. The van der Waals surface area contributed by atoms with E-state index in [1.165, 1.54) is 11.9 Å². The topological polar surface area (TPSA) is 70.7 Å². The van der Waals surface area contributed by atoms with Crippen molar-refractivity contribution in [2.45, 2.75) is 32.7 Å². The highest BCUT2D eigenvalue weighted by atomic mass is 16.2. The van der Waals surface area contributed by atoms with Gasteiger partial charge in [0.2, 0.25) is 5.82 Å². The Morgan fingerprint density at radius 3 is 2.47 bits per heavy atom. The van der Waals surface area contributed by atoms with Crippen LogP contribution in [0.3, 0.4) is 0 Å². The monoisotopic (exact) mass is 258 g/mol. The molecule has 100 valence electrons. The number of amides is 1. The molecule has 1 heterocycles. The lowest BCUT2D eigenvalue weighted by atomic mass is 9.87. The number of hydrogen-bond acceptors (Lipinski definition) is 3. The van der Waals surface area contributed by atoms with Crippen molar-refractivity contribution in [2.24, 2.45) is 0 Å². The highest BCUT2D eigenvalue weighted by molar-refractivity contribution is 5.90. The Balaban J connectivity index is 1.95. The van der Waals surface area contributed by atoms with Crippen LogP contribution in [0.1, 0.15) is 42.5 Å². The number of aromatic nitrogens is 3. The summed E-state index contributed by atoms with van der Waals surface area (Å²) in [5.41, 5.74) is 2.47. The second kappa shape index (κ2) is 5.22. The third-order valence-electron chi connectivity index (χ3n) is 2.90. The first-order valence-corrected chi connectivity index (χ1v) is 6.20. The molecule has 0 saturated heterocycles. The van der Waals surface area contributed by atoms with Crippen LogP contribution in [-0.2, 0) is 12.0 Å². The van der Waals surface area contributed by atoms with Crippen LogP contribution >= 0.6 is 0 Å². The average Bonchev–Trinajstić information content (AvgIpc) is 2.89. The molecule has 5 heteroatoms. The summed E-state index contributed by atoms with van der Waals surface area (Å²) in [6, 6.07) is 8.24. The molecular weight excluding hydrogens is 240 g/mol. The van der Waals surface area contributed by atoms with Gasteiger partial charge in [0.25, 0.3) is 5.91 Å². The van der Waals surface area contributed by atoms with Gasteiger partial charge in [-0.05, 0) is 16.5 Å². The first-order chi connectivity index (χ1) is 8.97. The van der Waals surface area contributed by atoms with Gasteiger partial charge in [-0.1, -0.05) is 45.0 Å². The minimum Gasteiger partial charge on any atom is -0.345 e. The van der Waals surface area contributed by atoms with E-state index in [4.69, 9.17) is 0 Å². The van der Waals surface area contributed by atoms with Crippen molar-refractivity contribution in [1.29, 1.82) is 0 Å². The molecule has 0 aliphatic heterocycles. The van der Waals surface area contributed by atoms with Crippen molar-refractivity contribution in [2.75, 3.05) is 0 Å². The SMILES string of the molecule is CC(C)(C)c1ccc(CNC(=O)c2ncn[nH]2)cc1. The van der Waals surface area contributed by atoms with Gasteiger partial charge in [-0.25, -0.2) is 4.98 Å². The Hall–Kier alpha value is -2.17. The van der Waals surface area contributed by atoms with Gasteiger partial charge in [0.05, 0.1) is 0 Å². The van der Waals surface area contributed by atoms with Gasteiger partial charge in [-0.3, -0.25) is 9.89 Å². The number of rotatable bonds is 3. The molecule has 0 bridgehead atoms. The molecule has 1 amide bonds. The lowest BCUT2D eigenvalue weighted by Crippen LogP contribution is -2.24. The molecule has 0 atom stereocenters. The van der Waals surface area contributed by atoms with Crippen molar-refractivity contribution in [3.63, 3.8) is 0 Å². The van der Waals surface area contributed by atoms with E-state index in [-0.39, 0.29) is 17.1 Å². The number of benzene rings is 1. The van der Waals surface area contributed by atoms with Gasteiger partial charge < -0.3 is 5.32 Å². The van der Waals surface area contributed by atoms with Crippen LogP contribution < -0.4 is 5.32 Å². The van der Waals surface area contributed by atoms with E-state index < -0.39 is 0 Å². The van der Waals surface area contributed by atoms with Crippen LogP contribution in [0.4, 0.5) is 0 Å². The van der Waals surface area contributed by atoms with E-state index in [0.29, 0.717) is 6.54 Å². The van der Waals surface area contributed by atoms with Gasteiger partial charge in [0, 0.05) is 6.54 Å². The summed E-state index contributed by atoms with van der Waals surface area (Å²) in [5, 5.41) is 8.96. The van der Waals surface area contributed by atoms with Crippen molar-refractivity contribution in [3.05, 3.63) is 47.5 Å². The van der Waals surface area contributed by atoms with Crippen molar-refractivity contribution < 1.29 is 4.79 Å². The third kappa shape index (κ3) is 3.40. The lowest BCUT2D eigenvalue weighted by molar-refractivity contribution is 0.0941. The van der Waals surface area contributed by atoms with E-state index in [1.807, 2.05) is 12.1 Å². The molecule has 0 radical (unpaired) electrons. The van der Waals surface area contributed by atoms with Crippen molar-refractivity contribution >= 4 is 5.91 Å². The third-order valence-corrected chi connectivity index (χ3v) is 2.90. The van der Waals surface area contributed by atoms with Gasteiger partial charge >= 0.3 is 0 Å². The summed E-state index contributed by atoms with van der Waals surface area (Å²) in [7, 11) is 0. The maximum Gasteiger partial charge on any atom is 0.288 e. The van der Waals surface area contributed by atoms with E-state index in [2.05, 4.69) is 53.4 Å². The fourth-order valence-corrected chi connectivity index (χ4v) is 1.70. The average molecular weight is 258 g/mol. The predicted octanol–water partition coefficient (Wildman–Crippen LogP) is 2.03. The zero-order valence-corrected chi connectivity index (χ0v) is 11.4. The fraction of sp³-hybridized carbons (Fsp3) is 0.357. The molecule has 1 aromatic heterocycles. The summed E-state index contributed by atoms with van der Waals surface area (Å²) in [4.78, 5) is 15.5. The molecule has 1 aromatic carbocycles. The largest absolute Gasteiger partial charge is 0.345 e. The Morgan fingerprint density at radius 1 is 1.26 bits per heavy atom. The molecule has 5 nitrogen and oxygen atoms in total. The molecule has 19 heavy (non-hydrogen) atoms. The molecule has 0 unspecified atom stereocenters. The standard InChI is InChI=1S/C14H18N4O/c1-14(2,3)11-6-4-10(5-7-11)8-15-13(19)12-16-9-17-18-12/h4-7,9H,8H2,1-3H3,(H,15,19)(H,16,17,18). The van der Waals surface area contributed by atoms with Crippen LogP contribution in [0.15, 0.2) is 30.6 Å². The highest BCUT2D eigenvalue weighted by Gasteiger charge is 2.13. The quantitative estimate of drug-likeness (QED) is 0.885. The molecule has 0 fully saturated rings. The number of H-pyrrole nitrogens is 1. The maximum atomic E-state index is 11.7. The van der Waals surface area contributed by atoms with Gasteiger partial charge in [0.1, 0.15) is 6.33 Å². The fourth-order valence-electron chi connectivity index (χ4n) is 1.70. The summed E-state index contributed by atoms with van der Waals surface area (Å²) in [6.07, 6.45) is 1.31. The van der Waals surface area contributed by atoms with E-state index in [9.17, 15) is 4.79 Å². The molecule has 0 saturated carbocycles. The molecule has 2 rings (SSSR count). The summed E-state index contributed by atoms with van der Waals surface area (Å²) >= 11 is 0. The zero-order valence-electron chi connectivity index (χ0n) is 11.4. The number of carbonyl (C=O) groups excluding carboxylic acids is 1. The van der Waals surface area contributed by atoms with Gasteiger partial charge in [0.15, 0.2) is 0 Å². The molecule has 0 aliphatic carbocycles. The van der Waals surface area contributed by atoms with Crippen LogP contribution in [-0.4, -0.2) is 21.1 Å². The van der Waals surface area contributed by atoms with E-state index in [1.54, 1.807) is 0 Å². The van der Waals surface area contributed by atoms with Crippen molar-refractivity contribution in [3.8, 4) is 0 Å². The van der Waals surface area contributed by atoms with Crippen molar-refractivity contribution in [1.82, 2.24) is 20.5 Å². The van der Waals surface area contributed by atoms with Crippen LogP contribution in [0.25, 0.3) is 0 Å². The Bertz CT molecular complexity index is 538. The maximum absolute atomic E-state index is 11.7. The molecule has 0 spiro atoms. The summed E-state index contributed by atoms with van der Waals surface area (Å²) in [5.74, 6) is -0.0243. The van der Waals surface area contributed by atoms with Crippen LogP contribution in [0, 0.1) is 0 Å². The number of aromatic amines is 1. The minimum atomic E-state index is -0.252. The highest BCUT2D eigenvalue weighted by Crippen LogP contribution is 2.22. The Morgan fingerprint density at radius 2 is 1.95 bits per heavy atom. The summed E-state index contributed by atoms with van der Waals surface area (Å²) in [6.45, 7) is 7.00. The Labute approximate surface area is 112 Å². The van der Waals surface area contributed by atoms with Crippen LogP contribution in [0.5, 0.6) is 0 Å². The lowest BCUT2D eigenvalue weighted by Gasteiger charge is -2.19. The molecular formula is C14H18N4O. The number of nitrogens with zero attached hydrogens (tertiary/aromatic N) is 2. The van der Waals surface area contributed by atoms with E-state index >= 15 is 0 Å². The number of carbonyl (C=O) groups is 1. The van der Waals surface area contributed by atoms with E-state index in [0.717, 1.165) is 5.56 Å². The second-order valence-corrected chi connectivity index (χ2v) is 5.46. The molecule has 2 aromatic rings. The smallest absolute Gasteiger partial charge is 0.288 e. The normalized spacial score (nSPS) is 11.3. The number of hydrogen-bond donors (Lipinski definition) is 2. The second-order valence-electron chi connectivity index (χ2n) is 5.46. The number of nitrogens with one attached hydrogen (secondary N) is 2. The Kier molecular flexibility index (Phi) is 3.64. The van der Waals surface area contributed by atoms with Crippen LogP contribution in [0.2, 0.25) is 0 Å². The zero-order chi connectivity index (χ0) is 13.9. The molecule has 2 N–H and O–H groups in total. The van der Waals surface area contributed by atoms with Gasteiger partial charge in [-0.15, -0.1) is 0 Å². The van der Waals surface area contributed by atoms with Gasteiger partial charge in [-0.2, -0.15) is 5.10 Å². The predicted molar refractivity (Wildman–Crippen MR) is 72.7 cm³/mol. The summed E-state index contributed by atoms with van der Waals surface area (Å²) < 4.78 is 0.